The zero-order chi connectivity index (χ0) is 31.5. The molecule has 1 atom stereocenters. The third kappa shape index (κ3) is 8.74. The van der Waals surface area contributed by atoms with E-state index in [4.69, 9.17) is 4.74 Å². The lowest BCUT2D eigenvalue weighted by molar-refractivity contribution is -0.132. The number of aromatic nitrogens is 2. The Labute approximate surface area is 257 Å². The van der Waals surface area contributed by atoms with Crippen LogP contribution in [0.2, 0.25) is 0 Å². The lowest BCUT2D eigenvalue weighted by atomic mass is 9.98. The molecule has 0 fully saturated rings. The molecule has 0 bridgehead atoms. The molecule has 1 heterocycles. The van der Waals surface area contributed by atoms with Gasteiger partial charge in [-0.3, -0.25) is 14.3 Å². The number of sulfonamides is 1. The van der Waals surface area contributed by atoms with Crippen molar-refractivity contribution in [1.82, 2.24) is 14.5 Å². The van der Waals surface area contributed by atoms with E-state index in [0.717, 1.165) is 11.0 Å². The van der Waals surface area contributed by atoms with E-state index in [-0.39, 0.29) is 19.6 Å². The molecule has 0 saturated carbocycles. The van der Waals surface area contributed by atoms with Crippen LogP contribution in [0.15, 0.2) is 103 Å². The largest absolute Gasteiger partial charge is 0.462 e. The Kier molecular flexibility index (Phi) is 10.8. The van der Waals surface area contributed by atoms with E-state index in [0.29, 0.717) is 28.9 Å². The Morgan fingerprint density at radius 1 is 0.932 bits per heavy atom. The highest BCUT2D eigenvalue weighted by molar-refractivity contribution is 7.93. The van der Waals surface area contributed by atoms with Crippen molar-refractivity contribution in [3.63, 3.8) is 0 Å². The number of nitrogens with one attached hydrogen (secondary N) is 1. The first-order valence-corrected chi connectivity index (χ1v) is 15.7. The van der Waals surface area contributed by atoms with Crippen LogP contribution in [-0.2, 0) is 37.3 Å². The SMILES string of the molecule is CCOC(=O)c1ccc(N(CC)C(=O)C(Cc2cnn(Cc3ccccc3)c2)C(=O)NS(=O)(=O)/C=C/c2ccccc2)cc1. The van der Waals surface area contributed by atoms with Crippen molar-refractivity contribution in [3.05, 3.63) is 125 Å². The Balaban J connectivity index is 1.59. The van der Waals surface area contributed by atoms with Gasteiger partial charge >= 0.3 is 5.97 Å². The van der Waals surface area contributed by atoms with Gasteiger partial charge in [0.25, 0.3) is 10.0 Å². The molecule has 2 amide bonds. The van der Waals surface area contributed by atoms with Gasteiger partial charge in [0.1, 0.15) is 5.92 Å². The molecule has 44 heavy (non-hydrogen) atoms. The second-order valence-electron chi connectivity index (χ2n) is 9.86. The summed E-state index contributed by atoms with van der Waals surface area (Å²) in [6.07, 6.45) is 4.57. The first-order chi connectivity index (χ1) is 21.2. The summed E-state index contributed by atoms with van der Waals surface area (Å²) < 4.78 is 34.5. The summed E-state index contributed by atoms with van der Waals surface area (Å²) in [6, 6.07) is 24.7. The van der Waals surface area contributed by atoms with Gasteiger partial charge < -0.3 is 9.64 Å². The van der Waals surface area contributed by atoms with Crippen LogP contribution < -0.4 is 9.62 Å². The number of carbonyl (C=O) groups is 3. The summed E-state index contributed by atoms with van der Waals surface area (Å²) in [6.45, 7) is 4.34. The predicted molar refractivity (Wildman–Crippen MR) is 168 cm³/mol. The maximum absolute atomic E-state index is 13.9. The molecule has 1 N–H and O–H groups in total. The molecule has 0 aliphatic rings. The molecule has 1 unspecified atom stereocenters. The second kappa shape index (κ2) is 14.9. The van der Waals surface area contributed by atoms with E-state index in [9.17, 15) is 22.8 Å². The normalized spacial score (nSPS) is 12.0. The average Bonchev–Trinajstić information content (AvgIpc) is 3.47. The average molecular weight is 615 g/mol. The number of carbonyl (C=O) groups excluding carboxylic acids is 3. The van der Waals surface area contributed by atoms with E-state index in [1.165, 1.54) is 23.1 Å². The number of esters is 1. The number of benzene rings is 3. The summed E-state index contributed by atoms with van der Waals surface area (Å²) in [7, 11) is -4.23. The van der Waals surface area contributed by atoms with E-state index in [1.54, 1.807) is 73.4 Å². The highest BCUT2D eigenvalue weighted by Gasteiger charge is 2.33. The molecule has 0 aliphatic heterocycles. The number of hydrogen-bond acceptors (Lipinski definition) is 7. The van der Waals surface area contributed by atoms with Crippen molar-refractivity contribution in [2.75, 3.05) is 18.1 Å². The molecule has 1 aromatic heterocycles. The summed E-state index contributed by atoms with van der Waals surface area (Å²) in [5.74, 6) is -3.46. The third-order valence-electron chi connectivity index (χ3n) is 6.68. The van der Waals surface area contributed by atoms with Crippen LogP contribution in [0.4, 0.5) is 5.69 Å². The summed E-state index contributed by atoms with van der Waals surface area (Å²) >= 11 is 0. The molecule has 0 aliphatic carbocycles. The maximum atomic E-state index is 13.9. The molecule has 4 rings (SSSR count). The first kappa shape index (κ1) is 31.9. The summed E-state index contributed by atoms with van der Waals surface area (Å²) in [5.41, 5.74) is 2.99. The zero-order valence-corrected chi connectivity index (χ0v) is 25.3. The smallest absolute Gasteiger partial charge is 0.338 e. The third-order valence-corrected chi connectivity index (χ3v) is 7.66. The second-order valence-corrected chi connectivity index (χ2v) is 11.4. The van der Waals surface area contributed by atoms with Gasteiger partial charge in [-0.15, -0.1) is 0 Å². The molecule has 0 radical (unpaired) electrons. The molecule has 3 aromatic carbocycles. The van der Waals surface area contributed by atoms with Crippen molar-refractivity contribution >= 4 is 39.6 Å². The lowest BCUT2D eigenvalue weighted by Gasteiger charge is -2.26. The quantitative estimate of drug-likeness (QED) is 0.174. The Morgan fingerprint density at radius 3 is 2.23 bits per heavy atom. The lowest BCUT2D eigenvalue weighted by Crippen LogP contribution is -2.46. The topological polar surface area (TPSA) is 128 Å². The molecule has 0 spiro atoms. The fourth-order valence-corrected chi connectivity index (χ4v) is 5.35. The van der Waals surface area contributed by atoms with Gasteiger partial charge in [0, 0.05) is 18.4 Å². The van der Waals surface area contributed by atoms with Crippen molar-refractivity contribution in [1.29, 1.82) is 0 Å². The van der Waals surface area contributed by atoms with Crippen molar-refractivity contribution < 1.29 is 27.5 Å². The minimum absolute atomic E-state index is 0.0885. The van der Waals surface area contributed by atoms with Crippen LogP contribution >= 0.6 is 0 Å². The first-order valence-electron chi connectivity index (χ1n) is 14.1. The van der Waals surface area contributed by atoms with Gasteiger partial charge in [-0.05, 0) is 67.3 Å². The van der Waals surface area contributed by atoms with Gasteiger partial charge in [0.15, 0.2) is 0 Å². The van der Waals surface area contributed by atoms with E-state index in [2.05, 4.69) is 9.82 Å². The molecule has 0 saturated heterocycles. The zero-order valence-electron chi connectivity index (χ0n) is 24.5. The van der Waals surface area contributed by atoms with Gasteiger partial charge in [0.2, 0.25) is 11.8 Å². The Bertz CT molecular complexity index is 1700. The van der Waals surface area contributed by atoms with E-state index < -0.39 is 33.7 Å². The Hall–Kier alpha value is -5.03. The maximum Gasteiger partial charge on any atom is 0.338 e. The van der Waals surface area contributed by atoms with Gasteiger partial charge in [-0.25, -0.2) is 17.9 Å². The van der Waals surface area contributed by atoms with E-state index in [1.807, 2.05) is 30.3 Å². The highest BCUT2D eigenvalue weighted by atomic mass is 32.2. The van der Waals surface area contributed by atoms with Gasteiger partial charge in [-0.1, -0.05) is 60.7 Å². The van der Waals surface area contributed by atoms with E-state index >= 15 is 0 Å². The van der Waals surface area contributed by atoms with Crippen LogP contribution in [0.3, 0.4) is 0 Å². The summed E-state index contributed by atoms with van der Waals surface area (Å²) in [5, 5.41) is 5.27. The number of ether oxygens (including phenoxy) is 1. The number of rotatable bonds is 13. The molecular formula is C33H34N4O6S. The number of amides is 2. The van der Waals surface area contributed by atoms with Crippen LogP contribution in [0.1, 0.15) is 40.9 Å². The minimum Gasteiger partial charge on any atom is -0.462 e. The van der Waals surface area contributed by atoms with Gasteiger partial charge in [0.05, 0.1) is 30.3 Å². The van der Waals surface area contributed by atoms with Crippen molar-refractivity contribution in [2.24, 2.45) is 5.92 Å². The summed E-state index contributed by atoms with van der Waals surface area (Å²) in [4.78, 5) is 40.9. The van der Waals surface area contributed by atoms with Crippen LogP contribution in [0.25, 0.3) is 6.08 Å². The predicted octanol–water partition coefficient (Wildman–Crippen LogP) is 4.44. The molecule has 10 nitrogen and oxygen atoms in total. The fraction of sp³-hybridized carbons (Fsp3) is 0.212. The number of hydrogen-bond donors (Lipinski definition) is 1. The minimum atomic E-state index is -4.23. The fourth-order valence-electron chi connectivity index (χ4n) is 4.52. The van der Waals surface area contributed by atoms with Crippen LogP contribution in [0.5, 0.6) is 0 Å². The van der Waals surface area contributed by atoms with Crippen molar-refractivity contribution in [3.8, 4) is 0 Å². The number of anilines is 1. The molecule has 11 heteroatoms. The van der Waals surface area contributed by atoms with Crippen LogP contribution in [-0.4, -0.2) is 49.1 Å². The monoisotopic (exact) mass is 614 g/mol. The molecule has 4 aromatic rings. The van der Waals surface area contributed by atoms with Crippen LogP contribution in [0, 0.1) is 5.92 Å². The van der Waals surface area contributed by atoms with Crippen molar-refractivity contribution in [2.45, 2.75) is 26.8 Å². The number of nitrogens with zero attached hydrogens (tertiary/aromatic N) is 3. The standard InChI is InChI=1S/C33H34N4O6S/c1-3-37(29-17-15-28(16-18-29)33(40)43-4-2)32(39)30(21-27-22-34-36(24-27)23-26-13-9-6-10-14-26)31(38)35-44(41,42)20-19-25-11-7-5-8-12-25/h5-20,22,24,30H,3-4,21,23H2,1-2H3,(H,35,38)/b20-19+. The highest BCUT2D eigenvalue weighted by Crippen LogP contribution is 2.21. The molecule has 228 valence electrons. The molecular weight excluding hydrogens is 580 g/mol. The van der Waals surface area contributed by atoms with Gasteiger partial charge in [-0.2, -0.15) is 5.10 Å². The Morgan fingerprint density at radius 2 is 1.59 bits per heavy atom.